The summed E-state index contributed by atoms with van der Waals surface area (Å²) in [6.45, 7) is 6.65. The van der Waals surface area contributed by atoms with E-state index in [1.54, 1.807) is 0 Å². The Morgan fingerprint density at radius 1 is 1.48 bits per heavy atom. The monoisotopic (exact) mass is 298 g/mol. The van der Waals surface area contributed by atoms with Crippen LogP contribution in [0.1, 0.15) is 46.5 Å². The molecular weight excluding hydrogens is 271 g/mol. The lowest BCUT2D eigenvalue weighted by Crippen LogP contribution is -2.47. The molecule has 2 fully saturated rings. The van der Waals surface area contributed by atoms with Crippen LogP contribution in [0.15, 0.2) is 0 Å². The second-order valence-electron chi connectivity index (χ2n) is 6.91. The first-order valence-electron chi connectivity index (χ1n) is 7.82. The molecule has 3 atom stereocenters. The van der Waals surface area contributed by atoms with Gasteiger partial charge in [0.2, 0.25) is 0 Å². The largest absolute Gasteiger partial charge is 0.480 e. The second-order valence-corrected chi connectivity index (χ2v) is 6.91. The highest BCUT2D eigenvalue weighted by Gasteiger charge is 2.44. The number of carboxylic acids is 1. The molecule has 4 N–H and O–H groups in total. The van der Waals surface area contributed by atoms with E-state index in [1.165, 1.54) is 0 Å². The van der Waals surface area contributed by atoms with Gasteiger partial charge in [0, 0.05) is 12.6 Å². The summed E-state index contributed by atoms with van der Waals surface area (Å²) in [5, 5.41) is 12.5. The van der Waals surface area contributed by atoms with Crippen molar-refractivity contribution in [1.29, 1.82) is 0 Å². The van der Waals surface area contributed by atoms with E-state index in [2.05, 4.69) is 5.32 Å². The Morgan fingerprint density at radius 3 is 2.67 bits per heavy atom. The zero-order valence-corrected chi connectivity index (χ0v) is 13.2. The Balaban J connectivity index is 1.73. The number of aliphatic carboxylic acids is 1. The van der Waals surface area contributed by atoms with Crippen molar-refractivity contribution in [3.63, 3.8) is 0 Å². The van der Waals surface area contributed by atoms with Gasteiger partial charge in [-0.15, -0.1) is 0 Å². The third-order valence-corrected chi connectivity index (χ3v) is 4.79. The first kappa shape index (κ1) is 16.7. The highest BCUT2D eigenvalue weighted by Crippen LogP contribution is 2.30. The summed E-state index contributed by atoms with van der Waals surface area (Å²) in [6, 6.07) is -0.0655. The van der Waals surface area contributed by atoms with Gasteiger partial charge >= 0.3 is 13.1 Å². The molecule has 1 unspecified atom stereocenters. The minimum atomic E-state index is -0.844. The molecular formula is C14H27BN2O4. The van der Waals surface area contributed by atoms with Gasteiger partial charge in [-0.2, -0.15) is 0 Å². The zero-order chi connectivity index (χ0) is 15.7. The lowest BCUT2D eigenvalue weighted by Gasteiger charge is -2.24. The van der Waals surface area contributed by atoms with Crippen LogP contribution in [0.25, 0.3) is 0 Å². The third kappa shape index (κ3) is 3.77. The number of hydrogen-bond acceptors (Lipinski definition) is 5. The molecule has 7 heteroatoms. The maximum atomic E-state index is 11.5. The smallest absolute Gasteiger partial charge is 0.457 e. The van der Waals surface area contributed by atoms with Crippen LogP contribution in [0, 0.1) is 0 Å². The highest BCUT2D eigenvalue weighted by atomic mass is 16.7. The minimum Gasteiger partial charge on any atom is -0.480 e. The summed E-state index contributed by atoms with van der Waals surface area (Å²) in [4.78, 5) is 11.5. The van der Waals surface area contributed by atoms with Crippen LogP contribution in [-0.2, 0) is 14.1 Å². The molecule has 2 rings (SSSR count). The van der Waals surface area contributed by atoms with Gasteiger partial charge in [-0.25, -0.2) is 0 Å². The van der Waals surface area contributed by atoms with Crippen LogP contribution >= 0.6 is 0 Å². The van der Waals surface area contributed by atoms with Crippen LogP contribution in [0.4, 0.5) is 0 Å². The average molecular weight is 298 g/mol. The van der Waals surface area contributed by atoms with E-state index in [-0.39, 0.29) is 24.9 Å². The first-order valence-corrected chi connectivity index (χ1v) is 7.82. The van der Waals surface area contributed by atoms with Gasteiger partial charge in [0.1, 0.15) is 5.54 Å². The maximum Gasteiger partial charge on any atom is 0.457 e. The van der Waals surface area contributed by atoms with Gasteiger partial charge in [-0.3, -0.25) is 4.79 Å². The van der Waals surface area contributed by atoms with Crippen molar-refractivity contribution in [2.75, 3.05) is 6.54 Å². The summed E-state index contributed by atoms with van der Waals surface area (Å²) in [7, 11) is -0.172. The number of nitrogens with two attached hydrogens (primary N) is 1. The molecule has 21 heavy (non-hydrogen) atoms. The Labute approximate surface area is 126 Å². The first-order chi connectivity index (χ1) is 9.75. The van der Waals surface area contributed by atoms with Crippen LogP contribution in [0.5, 0.6) is 0 Å². The van der Waals surface area contributed by atoms with E-state index in [0.29, 0.717) is 19.4 Å². The predicted molar refractivity (Wildman–Crippen MR) is 81.1 cm³/mol. The van der Waals surface area contributed by atoms with Crippen molar-refractivity contribution in [2.45, 2.75) is 76.1 Å². The Hall–Kier alpha value is -0.625. The molecule has 0 saturated carbocycles. The SMILES string of the molecule is CC1OB(CCCC[C@]2(C(=O)O)C[C@@H](N)CN2)OC1(C)C. The number of nitrogens with one attached hydrogen (secondary N) is 1. The van der Waals surface area contributed by atoms with E-state index in [9.17, 15) is 9.90 Å². The fraction of sp³-hybridized carbons (Fsp3) is 0.929. The van der Waals surface area contributed by atoms with E-state index in [4.69, 9.17) is 15.0 Å². The lowest BCUT2D eigenvalue weighted by atomic mass is 9.80. The number of rotatable bonds is 6. The molecule has 0 aromatic carbocycles. The average Bonchev–Trinajstić information content (AvgIpc) is 2.87. The molecule has 0 aromatic rings. The molecule has 2 aliphatic rings. The molecule has 0 radical (unpaired) electrons. The minimum absolute atomic E-state index is 0.0655. The zero-order valence-electron chi connectivity index (χ0n) is 13.2. The summed E-state index contributed by atoms with van der Waals surface area (Å²) >= 11 is 0. The predicted octanol–water partition coefficient (Wildman–Crippen LogP) is 1.00. The summed E-state index contributed by atoms with van der Waals surface area (Å²) in [5.74, 6) is -0.793. The molecule has 120 valence electrons. The van der Waals surface area contributed by atoms with Crippen molar-refractivity contribution in [1.82, 2.24) is 5.32 Å². The van der Waals surface area contributed by atoms with Crippen molar-refractivity contribution in [2.24, 2.45) is 5.73 Å². The van der Waals surface area contributed by atoms with E-state index in [1.807, 2.05) is 20.8 Å². The van der Waals surface area contributed by atoms with Crippen molar-refractivity contribution >= 4 is 13.1 Å². The summed E-state index contributed by atoms with van der Waals surface area (Å²) in [6.07, 6.45) is 3.70. The van der Waals surface area contributed by atoms with Gasteiger partial charge < -0.3 is 25.5 Å². The molecule has 0 aliphatic carbocycles. The van der Waals surface area contributed by atoms with Gasteiger partial charge in [-0.1, -0.05) is 12.8 Å². The number of carboxylic acid groups (broad SMARTS) is 1. The Morgan fingerprint density at radius 2 is 2.19 bits per heavy atom. The lowest BCUT2D eigenvalue weighted by molar-refractivity contribution is -0.144. The van der Waals surface area contributed by atoms with Gasteiger partial charge in [0.25, 0.3) is 0 Å². The fourth-order valence-electron chi connectivity index (χ4n) is 3.10. The van der Waals surface area contributed by atoms with Crippen molar-refractivity contribution < 1.29 is 19.2 Å². The molecule has 2 heterocycles. The third-order valence-electron chi connectivity index (χ3n) is 4.79. The molecule has 0 aromatic heterocycles. The van der Waals surface area contributed by atoms with Gasteiger partial charge in [0.15, 0.2) is 0 Å². The Kier molecular flexibility index (Phi) is 4.98. The Bertz CT molecular complexity index is 393. The summed E-state index contributed by atoms with van der Waals surface area (Å²) < 4.78 is 11.6. The van der Waals surface area contributed by atoms with E-state index >= 15 is 0 Å². The van der Waals surface area contributed by atoms with Crippen LogP contribution in [-0.4, -0.2) is 48.0 Å². The summed E-state index contributed by atoms with van der Waals surface area (Å²) in [5.41, 5.74) is 4.74. The molecule has 0 amide bonds. The van der Waals surface area contributed by atoms with Crippen LogP contribution in [0.3, 0.4) is 0 Å². The quantitative estimate of drug-likeness (QED) is 0.500. The van der Waals surface area contributed by atoms with Crippen LogP contribution < -0.4 is 11.1 Å². The second kappa shape index (κ2) is 6.24. The number of hydrogen-bond donors (Lipinski definition) is 3. The molecule has 0 spiro atoms. The molecule has 0 bridgehead atoms. The van der Waals surface area contributed by atoms with Crippen molar-refractivity contribution in [3.05, 3.63) is 0 Å². The fourth-order valence-corrected chi connectivity index (χ4v) is 3.10. The van der Waals surface area contributed by atoms with Crippen molar-refractivity contribution in [3.8, 4) is 0 Å². The number of unbranched alkanes of at least 4 members (excludes halogenated alkanes) is 1. The standard InChI is InChI=1S/C14H27BN2O4/c1-10-13(2,3)21-15(20-10)7-5-4-6-14(12(18)19)8-11(16)9-17-14/h10-11,17H,4-9,16H2,1-3H3,(H,18,19)/t10?,11-,14-/m1/s1. The topological polar surface area (TPSA) is 93.8 Å². The van der Waals surface area contributed by atoms with Crippen LogP contribution in [0.2, 0.25) is 6.32 Å². The molecule has 6 nitrogen and oxygen atoms in total. The van der Waals surface area contributed by atoms with E-state index < -0.39 is 11.5 Å². The maximum absolute atomic E-state index is 11.5. The van der Waals surface area contributed by atoms with Gasteiger partial charge in [0.05, 0.1) is 11.7 Å². The normalized spacial score (nSPS) is 35.3. The molecule has 2 saturated heterocycles. The number of carbonyl (C=O) groups is 1. The van der Waals surface area contributed by atoms with E-state index in [0.717, 1.165) is 19.2 Å². The van der Waals surface area contributed by atoms with Gasteiger partial charge in [-0.05, 0) is 39.9 Å². The highest BCUT2D eigenvalue weighted by molar-refractivity contribution is 6.45. The molecule has 2 aliphatic heterocycles.